The zero-order chi connectivity index (χ0) is 13.0. The summed E-state index contributed by atoms with van der Waals surface area (Å²) in [5.41, 5.74) is 6.28. The Bertz CT molecular complexity index is 548. The van der Waals surface area contributed by atoms with E-state index in [2.05, 4.69) is 10.3 Å². The van der Waals surface area contributed by atoms with Crippen molar-refractivity contribution in [1.29, 1.82) is 0 Å². The van der Waals surface area contributed by atoms with Gasteiger partial charge in [0, 0.05) is 12.6 Å². The van der Waals surface area contributed by atoms with Crippen LogP contribution in [0.3, 0.4) is 0 Å². The summed E-state index contributed by atoms with van der Waals surface area (Å²) in [7, 11) is 1.83. The second kappa shape index (κ2) is 5.42. The molecule has 0 saturated carbocycles. The Kier molecular flexibility index (Phi) is 3.69. The maximum Gasteiger partial charge on any atom is 0.248 e. The smallest absolute Gasteiger partial charge is 0.248 e. The van der Waals surface area contributed by atoms with Gasteiger partial charge in [-0.1, -0.05) is 5.22 Å². The number of primary amides is 1. The molecule has 1 aromatic heterocycles. The van der Waals surface area contributed by atoms with E-state index in [1.807, 2.05) is 24.6 Å². The van der Waals surface area contributed by atoms with Crippen molar-refractivity contribution in [3.05, 3.63) is 47.3 Å². The largest absolute Gasteiger partial charge is 0.366 e. The number of nitrogens with two attached hydrogens (primary N) is 1. The van der Waals surface area contributed by atoms with Crippen LogP contribution in [-0.4, -0.2) is 13.0 Å². The van der Waals surface area contributed by atoms with Crippen LogP contribution in [0.15, 0.2) is 52.1 Å². The molecule has 0 spiro atoms. The zero-order valence-corrected chi connectivity index (χ0v) is 10.6. The van der Waals surface area contributed by atoms with E-state index in [1.54, 1.807) is 40.6 Å². The monoisotopic (exact) mass is 260 g/mol. The van der Waals surface area contributed by atoms with Gasteiger partial charge in [-0.2, -0.15) is 0 Å². The number of carbonyl (C=O) groups excluding carboxylic acids is 1. The summed E-state index contributed by atoms with van der Waals surface area (Å²) in [6.45, 7) is 0. The summed E-state index contributed by atoms with van der Waals surface area (Å²) in [6, 6.07) is 10.6. The number of hydrogen-bond donors (Lipinski definition) is 1. The van der Waals surface area contributed by atoms with Crippen LogP contribution in [0, 0.1) is 0 Å². The SMILES string of the molecule is CN(N=Nc1ccc(C(N)=O)cc1)c1cccs1. The number of carbonyl (C=O) groups is 1. The summed E-state index contributed by atoms with van der Waals surface area (Å²) >= 11 is 1.58. The van der Waals surface area contributed by atoms with E-state index in [4.69, 9.17) is 5.73 Å². The molecular weight excluding hydrogens is 248 g/mol. The molecule has 0 unspecified atom stereocenters. The summed E-state index contributed by atoms with van der Waals surface area (Å²) in [6.07, 6.45) is 0. The first-order valence-electron chi connectivity index (χ1n) is 5.25. The molecule has 6 heteroatoms. The molecule has 0 atom stereocenters. The van der Waals surface area contributed by atoms with Gasteiger partial charge in [-0.3, -0.25) is 4.79 Å². The standard InChI is InChI=1S/C12H12N4OS/c1-16(11-3-2-8-18-11)15-14-10-6-4-9(5-7-10)12(13)17/h2-8H,1H3,(H2,13,17). The maximum absolute atomic E-state index is 10.9. The number of benzene rings is 1. The van der Waals surface area contributed by atoms with Crippen LogP contribution in [0.1, 0.15) is 10.4 Å². The first kappa shape index (κ1) is 12.3. The van der Waals surface area contributed by atoms with Crippen molar-refractivity contribution in [3.8, 4) is 0 Å². The molecular formula is C12H12N4OS. The lowest BCUT2D eigenvalue weighted by Crippen LogP contribution is -2.10. The van der Waals surface area contributed by atoms with Crippen molar-refractivity contribution in [1.82, 2.24) is 0 Å². The minimum Gasteiger partial charge on any atom is -0.366 e. The summed E-state index contributed by atoms with van der Waals surface area (Å²) in [5, 5.41) is 12.8. The quantitative estimate of drug-likeness (QED) is 0.678. The van der Waals surface area contributed by atoms with Crippen LogP contribution in [-0.2, 0) is 0 Å². The molecule has 2 rings (SSSR count). The summed E-state index contributed by atoms with van der Waals surface area (Å²) < 4.78 is 0. The fourth-order valence-electron chi connectivity index (χ4n) is 1.31. The second-order valence-corrected chi connectivity index (χ2v) is 4.50. The van der Waals surface area contributed by atoms with Crippen LogP contribution in [0.4, 0.5) is 10.7 Å². The van der Waals surface area contributed by atoms with E-state index < -0.39 is 5.91 Å². The average molecular weight is 260 g/mol. The van der Waals surface area contributed by atoms with Crippen LogP contribution >= 0.6 is 11.3 Å². The van der Waals surface area contributed by atoms with E-state index in [-0.39, 0.29) is 0 Å². The third-order valence-corrected chi connectivity index (χ3v) is 3.21. The first-order chi connectivity index (χ1) is 8.66. The van der Waals surface area contributed by atoms with Crippen molar-refractivity contribution < 1.29 is 4.79 Å². The molecule has 92 valence electrons. The predicted octanol–water partition coefficient (Wildman–Crippen LogP) is 2.98. The summed E-state index contributed by atoms with van der Waals surface area (Å²) in [5.74, 6) is -0.450. The van der Waals surface area contributed by atoms with Crippen LogP contribution in [0.25, 0.3) is 0 Å². The minimum absolute atomic E-state index is 0.450. The Labute approximate surface area is 109 Å². The summed E-state index contributed by atoms with van der Waals surface area (Å²) in [4.78, 5) is 10.9. The molecule has 5 nitrogen and oxygen atoms in total. The van der Waals surface area contributed by atoms with E-state index in [0.717, 1.165) is 5.00 Å². The Morgan fingerprint density at radius 2 is 2.00 bits per heavy atom. The van der Waals surface area contributed by atoms with Crippen molar-refractivity contribution in [2.45, 2.75) is 0 Å². The first-order valence-corrected chi connectivity index (χ1v) is 6.13. The van der Waals surface area contributed by atoms with Gasteiger partial charge in [-0.05, 0) is 41.8 Å². The van der Waals surface area contributed by atoms with Gasteiger partial charge in [0.25, 0.3) is 0 Å². The molecule has 0 radical (unpaired) electrons. The number of rotatable bonds is 4. The van der Waals surface area contributed by atoms with Gasteiger partial charge in [0.05, 0.1) is 5.69 Å². The third-order valence-electron chi connectivity index (χ3n) is 2.27. The predicted molar refractivity (Wildman–Crippen MR) is 72.2 cm³/mol. The number of amides is 1. The number of hydrogen-bond acceptors (Lipinski definition) is 4. The number of thiophene rings is 1. The molecule has 0 aliphatic rings. The molecule has 0 aliphatic heterocycles. The number of nitrogens with zero attached hydrogens (tertiary/aromatic N) is 3. The van der Waals surface area contributed by atoms with Crippen molar-refractivity contribution in [3.63, 3.8) is 0 Å². The van der Waals surface area contributed by atoms with Crippen LogP contribution in [0.5, 0.6) is 0 Å². The highest BCUT2D eigenvalue weighted by molar-refractivity contribution is 7.14. The van der Waals surface area contributed by atoms with E-state index >= 15 is 0 Å². The van der Waals surface area contributed by atoms with Crippen LogP contribution < -0.4 is 10.7 Å². The Morgan fingerprint density at radius 1 is 1.28 bits per heavy atom. The van der Waals surface area contributed by atoms with Gasteiger partial charge >= 0.3 is 0 Å². The van der Waals surface area contributed by atoms with Gasteiger partial charge in [0.2, 0.25) is 5.91 Å². The lowest BCUT2D eigenvalue weighted by Gasteiger charge is -2.07. The molecule has 18 heavy (non-hydrogen) atoms. The molecule has 0 bridgehead atoms. The molecule has 1 amide bonds. The topological polar surface area (TPSA) is 71.1 Å². The molecule has 0 aliphatic carbocycles. The van der Waals surface area contributed by atoms with Crippen molar-refractivity contribution >= 4 is 27.9 Å². The Balaban J connectivity index is 2.07. The molecule has 0 fully saturated rings. The molecule has 2 aromatic rings. The van der Waals surface area contributed by atoms with Gasteiger partial charge in [-0.25, -0.2) is 5.01 Å². The normalized spacial score (nSPS) is 10.7. The Morgan fingerprint density at radius 3 is 2.56 bits per heavy atom. The molecule has 0 saturated heterocycles. The van der Waals surface area contributed by atoms with Gasteiger partial charge < -0.3 is 5.73 Å². The molecule has 2 N–H and O–H groups in total. The highest BCUT2D eigenvalue weighted by Crippen LogP contribution is 2.21. The molecule has 1 aromatic carbocycles. The van der Waals surface area contributed by atoms with Gasteiger partial charge in [0.1, 0.15) is 5.00 Å². The fourth-order valence-corrected chi connectivity index (χ4v) is 1.95. The second-order valence-electron chi connectivity index (χ2n) is 3.58. The number of anilines is 1. The highest BCUT2D eigenvalue weighted by Gasteiger charge is 2.00. The fraction of sp³-hybridized carbons (Fsp3) is 0.0833. The lowest BCUT2D eigenvalue weighted by molar-refractivity contribution is 0.100. The molecule has 1 heterocycles. The van der Waals surface area contributed by atoms with E-state index in [0.29, 0.717) is 11.3 Å². The van der Waals surface area contributed by atoms with E-state index in [1.165, 1.54) is 0 Å². The van der Waals surface area contributed by atoms with Gasteiger partial charge in [0.15, 0.2) is 0 Å². The van der Waals surface area contributed by atoms with Crippen LogP contribution in [0.2, 0.25) is 0 Å². The van der Waals surface area contributed by atoms with Gasteiger partial charge in [-0.15, -0.1) is 16.5 Å². The highest BCUT2D eigenvalue weighted by atomic mass is 32.1. The average Bonchev–Trinajstić information content (AvgIpc) is 2.90. The minimum atomic E-state index is -0.450. The van der Waals surface area contributed by atoms with Crippen molar-refractivity contribution in [2.24, 2.45) is 16.1 Å². The Hall–Kier alpha value is -2.21. The van der Waals surface area contributed by atoms with Crippen molar-refractivity contribution in [2.75, 3.05) is 12.1 Å². The maximum atomic E-state index is 10.9. The van der Waals surface area contributed by atoms with E-state index in [9.17, 15) is 4.79 Å². The zero-order valence-electron chi connectivity index (χ0n) is 9.78. The third kappa shape index (κ3) is 2.92. The lowest BCUT2D eigenvalue weighted by atomic mass is 10.2.